The predicted octanol–water partition coefficient (Wildman–Crippen LogP) is -0.301. The van der Waals surface area contributed by atoms with Gasteiger partial charge in [-0.3, -0.25) is 9.69 Å². The summed E-state index contributed by atoms with van der Waals surface area (Å²) in [6, 6.07) is -0.176. The first-order chi connectivity index (χ1) is 5.67. The summed E-state index contributed by atoms with van der Waals surface area (Å²) in [5, 5.41) is 2.60. The van der Waals surface area contributed by atoms with Crippen LogP contribution in [0.15, 0.2) is 0 Å². The first-order valence-corrected chi connectivity index (χ1v) is 4.08. The Bertz CT molecular complexity index is 139. The van der Waals surface area contributed by atoms with E-state index in [1.165, 1.54) is 0 Å². The van der Waals surface area contributed by atoms with Crippen molar-refractivity contribution < 1.29 is 9.53 Å². The molecule has 0 aromatic carbocycles. The predicted molar refractivity (Wildman–Crippen MR) is 48.0 cm³/mol. The summed E-state index contributed by atoms with van der Waals surface area (Å²) < 4.78 is 4.95. The van der Waals surface area contributed by atoms with Crippen LogP contribution in [0.1, 0.15) is 6.92 Å². The highest BCUT2D eigenvalue weighted by molar-refractivity contribution is 5.81. The van der Waals surface area contributed by atoms with Crippen LogP contribution in [0.2, 0.25) is 0 Å². The van der Waals surface area contributed by atoms with E-state index in [-0.39, 0.29) is 11.9 Å². The Morgan fingerprint density at radius 2 is 2.25 bits per heavy atom. The summed E-state index contributed by atoms with van der Waals surface area (Å²) in [6.07, 6.45) is 0. The van der Waals surface area contributed by atoms with Crippen molar-refractivity contribution in [1.29, 1.82) is 0 Å². The van der Waals surface area contributed by atoms with Crippen molar-refractivity contribution in [1.82, 2.24) is 10.2 Å². The average molecular weight is 174 g/mol. The molecule has 1 N–H and O–H groups in total. The molecular formula is C8H18N2O2. The molecule has 1 unspecified atom stereocenters. The van der Waals surface area contributed by atoms with Crippen LogP contribution in [-0.2, 0) is 9.53 Å². The second kappa shape index (κ2) is 5.97. The Balaban J connectivity index is 4.11. The van der Waals surface area contributed by atoms with Crippen molar-refractivity contribution in [3.05, 3.63) is 0 Å². The minimum atomic E-state index is -0.176. The highest BCUT2D eigenvalue weighted by Gasteiger charge is 2.20. The minimum Gasteiger partial charge on any atom is -0.383 e. The molecule has 1 amide bonds. The number of methoxy groups -OCH3 is 1. The number of hydrogen-bond acceptors (Lipinski definition) is 3. The van der Waals surface area contributed by atoms with Gasteiger partial charge in [0, 0.05) is 14.2 Å². The molecule has 0 aliphatic carbocycles. The van der Waals surface area contributed by atoms with Gasteiger partial charge in [-0.25, -0.2) is 0 Å². The van der Waals surface area contributed by atoms with E-state index in [9.17, 15) is 4.79 Å². The van der Waals surface area contributed by atoms with E-state index in [1.54, 1.807) is 14.2 Å². The lowest BCUT2D eigenvalue weighted by atomic mass is 10.2. The zero-order valence-electron chi connectivity index (χ0n) is 8.26. The van der Waals surface area contributed by atoms with Gasteiger partial charge in [0.1, 0.15) is 6.04 Å². The van der Waals surface area contributed by atoms with Gasteiger partial charge in [-0.05, 0) is 13.6 Å². The Hall–Kier alpha value is -0.610. The van der Waals surface area contributed by atoms with Crippen LogP contribution in [0, 0.1) is 0 Å². The van der Waals surface area contributed by atoms with Crippen molar-refractivity contribution in [3.63, 3.8) is 0 Å². The van der Waals surface area contributed by atoms with Gasteiger partial charge in [0.15, 0.2) is 0 Å². The van der Waals surface area contributed by atoms with Crippen molar-refractivity contribution in [2.45, 2.75) is 13.0 Å². The number of hydrogen-bond donors (Lipinski definition) is 1. The van der Waals surface area contributed by atoms with Crippen molar-refractivity contribution in [2.75, 3.05) is 34.4 Å². The zero-order chi connectivity index (χ0) is 9.56. The van der Waals surface area contributed by atoms with E-state index in [2.05, 4.69) is 5.32 Å². The van der Waals surface area contributed by atoms with Crippen molar-refractivity contribution in [3.8, 4) is 0 Å². The van der Waals surface area contributed by atoms with Gasteiger partial charge in [-0.1, -0.05) is 6.92 Å². The molecule has 0 radical (unpaired) electrons. The second-order valence-corrected chi connectivity index (χ2v) is 2.66. The fourth-order valence-corrected chi connectivity index (χ4v) is 0.948. The molecule has 0 fully saturated rings. The zero-order valence-corrected chi connectivity index (χ0v) is 8.26. The molecule has 0 heterocycles. The number of amides is 1. The quantitative estimate of drug-likeness (QED) is 0.622. The summed E-state index contributed by atoms with van der Waals surface area (Å²) in [6.45, 7) is 3.27. The molecule has 72 valence electrons. The summed E-state index contributed by atoms with van der Waals surface area (Å²) in [5.41, 5.74) is 0. The maximum Gasteiger partial charge on any atom is 0.239 e. The molecule has 0 spiro atoms. The number of carbonyl (C=O) groups is 1. The van der Waals surface area contributed by atoms with Crippen LogP contribution in [0.25, 0.3) is 0 Å². The van der Waals surface area contributed by atoms with Gasteiger partial charge < -0.3 is 10.1 Å². The standard InChI is InChI=1S/C8H18N2O2/c1-5-10(3)7(6-12-4)8(11)9-2/h7H,5-6H2,1-4H3,(H,9,11). The fraction of sp³-hybridized carbons (Fsp3) is 0.875. The lowest BCUT2D eigenvalue weighted by molar-refractivity contribution is -0.127. The Morgan fingerprint density at radius 1 is 1.67 bits per heavy atom. The third-order valence-electron chi connectivity index (χ3n) is 1.90. The van der Waals surface area contributed by atoms with Gasteiger partial charge in [-0.15, -0.1) is 0 Å². The molecule has 0 aromatic heterocycles. The normalized spacial score (nSPS) is 13.1. The van der Waals surface area contributed by atoms with E-state index in [4.69, 9.17) is 4.74 Å². The largest absolute Gasteiger partial charge is 0.383 e. The van der Waals surface area contributed by atoms with Crippen molar-refractivity contribution >= 4 is 5.91 Å². The molecule has 0 aliphatic heterocycles. The van der Waals surface area contributed by atoms with Crippen LogP contribution in [-0.4, -0.2) is 51.2 Å². The third kappa shape index (κ3) is 3.19. The molecule has 0 rings (SSSR count). The SMILES string of the molecule is CCN(C)C(COC)C(=O)NC. The fourth-order valence-electron chi connectivity index (χ4n) is 0.948. The molecular weight excluding hydrogens is 156 g/mol. The Kier molecular flexibility index (Phi) is 5.66. The number of rotatable bonds is 5. The second-order valence-electron chi connectivity index (χ2n) is 2.66. The van der Waals surface area contributed by atoms with Gasteiger partial charge in [-0.2, -0.15) is 0 Å². The van der Waals surface area contributed by atoms with Gasteiger partial charge in [0.2, 0.25) is 5.91 Å². The van der Waals surface area contributed by atoms with Crippen LogP contribution in [0.5, 0.6) is 0 Å². The van der Waals surface area contributed by atoms with Gasteiger partial charge in [0.25, 0.3) is 0 Å². The van der Waals surface area contributed by atoms with Crippen LogP contribution < -0.4 is 5.32 Å². The molecule has 1 atom stereocenters. The molecule has 0 aromatic rings. The molecule has 0 saturated carbocycles. The Labute approximate surface area is 73.9 Å². The molecule has 0 saturated heterocycles. The monoisotopic (exact) mass is 174 g/mol. The van der Waals surface area contributed by atoms with E-state index in [0.717, 1.165) is 6.54 Å². The maximum atomic E-state index is 11.3. The average Bonchev–Trinajstić information content (AvgIpc) is 2.11. The number of likely N-dealkylation sites (N-methyl/N-ethyl adjacent to an activating group) is 2. The highest BCUT2D eigenvalue weighted by atomic mass is 16.5. The molecule has 4 heteroatoms. The Morgan fingerprint density at radius 3 is 2.58 bits per heavy atom. The summed E-state index contributed by atoms with van der Waals surface area (Å²) in [5.74, 6) is 0.00111. The van der Waals surface area contributed by atoms with Crippen LogP contribution in [0.4, 0.5) is 0 Å². The van der Waals surface area contributed by atoms with Gasteiger partial charge in [0.05, 0.1) is 6.61 Å². The van der Waals surface area contributed by atoms with E-state index >= 15 is 0 Å². The summed E-state index contributed by atoms with van der Waals surface area (Å²) in [7, 11) is 5.13. The summed E-state index contributed by atoms with van der Waals surface area (Å²) in [4.78, 5) is 13.2. The first-order valence-electron chi connectivity index (χ1n) is 4.08. The number of nitrogens with one attached hydrogen (secondary N) is 1. The molecule has 12 heavy (non-hydrogen) atoms. The first kappa shape index (κ1) is 11.4. The number of ether oxygens (including phenoxy) is 1. The van der Waals surface area contributed by atoms with Crippen molar-refractivity contribution in [2.24, 2.45) is 0 Å². The van der Waals surface area contributed by atoms with Gasteiger partial charge >= 0.3 is 0 Å². The van der Waals surface area contributed by atoms with E-state index in [1.807, 2.05) is 18.9 Å². The van der Waals surface area contributed by atoms with Crippen LogP contribution >= 0.6 is 0 Å². The smallest absolute Gasteiger partial charge is 0.239 e. The third-order valence-corrected chi connectivity index (χ3v) is 1.90. The number of nitrogens with zero attached hydrogens (tertiary/aromatic N) is 1. The molecule has 0 bridgehead atoms. The van der Waals surface area contributed by atoms with E-state index < -0.39 is 0 Å². The lowest BCUT2D eigenvalue weighted by Gasteiger charge is -2.24. The maximum absolute atomic E-state index is 11.3. The highest BCUT2D eigenvalue weighted by Crippen LogP contribution is 1.96. The van der Waals surface area contributed by atoms with Crippen LogP contribution in [0.3, 0.4) is 0 Å². The van der Waals surface area contributed by atoms with E-state index in [0.29, 0.717) is 6.61 Å². The lowest BCUT2D eigenvalue weighted by Crippen LogP contribution is -2.46. The molecule has 4 nitrogen and oxygen atoms in total. The molecule has 0 aliphatic rings. The topological polar surface area (TPSA) is 41.6 Å². The number of carbonyl (C=O) groups excluding carboxylic acids is 1. The minimum absolute atomic E-state index is 0.00111. The summed E-state index contributed by atoms with van der Waals surface area (Å²) >= 11 is 0.